The number of amides is 1. The maximum atomic E-state index is 11.9. The topological polar surface area (TPSA) is 92.9 Å². The standard InChI is InChI=1S/C12H17N3O4/c1-5-19-14-8(3)13-11(17)10-9(16)6-7(2)15(4)12(10)18/h6,16H,5H2,1-4H3,(H,13,14,17). The highest BCUT2D eigenvalue weighted by Crippen LogP contribution is 2.13. The van der Waals surface area contributed by atoms with E-state index in [2.05, 4.69) is 10.5 Å². The summed E-state index contributed by atoms with van der Waals surface area (Å²) < 4.78 is 1.28. The summed E-state index contributed by atoms with van der Waals surface area (Å²) in [5.41, 5.74) is -0.336. The fourth-order valence-electron chi connectivity index (χ4n) is 1.43. The molecule has 0 radical (unpaired) electrons. The van der Waals surface area contributed by atoms with E-state index in [9.17, 15) is 14.7 Å². The summed E-state index contributed by atoms with van der Waals surface area (Å²) in [6.07, 6.45) is 0. The van der Waals surface area contributed by atoms with Crippen molar-refractivity contribution in [3.8, 4) is 5.75 Å². The zero-order chi connectivity index (χ0) is 14.6. The second-order valence-corrected chi connectivity index (χ2v) is 3.96. The number of nitrogens with one attached hydrogen (secondary N) is 1. The van der Waals surface area contributed by atoms with Crippen molar-refractivity contribution in [3.63, 3.8) is 0 Å². The number of pyridine rings is 1. The first-order valence-corrected chi connectivity index (χ1v) is 5.76. The van der Waals surface area contributed by atoms with Crippen LogP contribution >= 0.6 is 0 Å². The fraction of sp³-hybridized carbons (Fsp3) is 0.417. The number of rotatable bonds is 3. The van der Waals surface area contributed by atoms with Crippen molar-refractivity contribution >= 4 is 11.7 Å². The molecule has 7 heteroatoms. The van der Waals surface area contributed by atoms with Crippen LogP contribution in [0.4, 0.5) is 0 Å². The van der Waals surface area contributed by atoms with Gasteiger partial charge in [0.25, 0.3) is 11.5 Å². The predicted molar refractivity (Wildman–Crippen MR) is 70.3 cm³/mol. The minimum atomic E-state index is -0.723. The van der Waals surface area contributed by atoms with Gasteiger partial charge in [-0.15, -0.1) is 0 Å². The average Bonchev–Trinajstić information content (AvgIpc) is 2.33. The molecule has 0 aliphatic rings. The quantitative estimate of drug-likeness (QED) is 0.474. The highest BCUT2D eigenvalue weighted by molar-refractivity contribution is 6.06. The van der Waals surface area contributed by atoms with E-state index in [1.807, 2.05) is 0 Å². The summed E-state index contributed by atoms with van der Waals surface area (Å²) in [6, 6.07) is 1.35. The molecule has 19 heavy (non-hydrogen) atoms. The third-order valence-electron chi connectivity index (χ3n) is 2.50. The molecule has 104 valence electrons. The molecular weight excluding hydrogens is 250 g/mol. The zero-order valence-corrected chi connectivity index (χ0v) is 11.4. The van der Waals surface area contributed by atoms with Crippen LogP contribution in [0.3, 0.4) is 0 Å². The zero-order valence-electron chi connectivity index (χ0n) is 11.4. The van der Waals surface area contributed by atoms with Crippen LogP contribution < -0.4 is 10.9 Å². The Morgan fingerprint density at radius 1 is 1.58 bits per heavy atom. The van der Waals surface area contributed by atoms with Crippen molar-refractivity contribution in [1.29, 1.82) is 0 Å². The van der Waals surface area contributed by atoms with E-state index in [-0.39, 0.29) is 17.1 Å². The first-order chi connectivity index (χ1) is 8.88. The van der Waals surface area contributed by atoms with Crippen LogP contribution in [0, 0.1) is 6.92 Å². The Bertz CT molecular complexity index is 575. The second-order valence-electron chi connectivity index (χ2n) is 3.96. The summed E-state index contributed by atoms with van der Waals surface area (Å²) in [5, 5.41) is 15.7. The molecule has 2 N–H and O–H groups in total. The minimum Gasteiger partial charge on any atom is -0.507 e. The van der Waals surface area contributed by atoms with Crippen molar-refractivity contribution in [1.82, 2.24) is 9.88 Å². The summed E-state index contributed by atoms with van der Waals surface area (Å²) in [7, 11) is 1.52. The lowest BCUT2D eigenvalue weighted by atomic mass is 10.2. The van der Waals surface area contributed by atoms with Crippen LogP contribution in [0.25, 0.3) is 0 Å². The van der Waals surface area contributed by atoms with E-state index >= 15 is 0 Å². The normalized spacial score (nSPS) is 11.3. The molecule has 0 spiro atoms. The average molecular weight is 267 g/mol. The number of hydrogen-bond acceptors (Lipinski definition) is 5. The highest BCUT2D eigenvalue weighted by atomic mass is 16.6. The Morgan fingerprint density at radius 3 is 2.79 bits per heavy atom. The smallest absolute Gasteiger partial charge is 0.267 e. The molecule has 0 saturated carbocycles. The Kier molecular flexibility index (Phi) is 4.68. The Labute approximate surface area is 110 Å². The Hall–Kier alpha value is -2.31. The van der Waals surface area contributed by atoms with E-state index in [4.69, 9.17) is 4.84 Å². The van der Waals surface area contributed by atoms with Gasteiger partial charge in [-0.3, -0.25) is 9.59 Å². The number of nitrogens with zero attached hydrogens (tertiary/aromatic N) is 2. The molecule has 0 aliphatic heterocycles. The van der Waals surface area contributed by atoms with E-state index in [0.717, 1.165) is 0 Å². The molecule has 1 heterocycles. The van der Waals surface area contributed by atoms with Gasteiger partial charge in [0.15, 0.2) is 0 Å². The fourth-order valence-corrected chi connectivity index (χ4v) is 1.43. The van der Waals surface area contributed by atoms with Gasteiger partial charge >= 0.3 is 0 Å². The SMILES string of the molecule is CCO/N=C(\C)NC(=O)c1c(O)cc(C)n(C)c1=O. The minimum absolute atomic E-state index is 0.203. The summed E-state index contributed by atoms with van der Waals surface area (Å²) >= 11 is 0. The number of hydrogen-bond donors (Lipinski definition) is 2. The third kappa shape index (κ3) is 3.34. The molecule has 0 aliphatic carbocycles. The van der Waals surface area contributed by atoms with Crippen molar-refractivity contribution in [2.24, 2.45) is 12.2 Å². The van der Waals surface area contributed by atoms with Gasteiger partial charge in [0.1, 0.15) is 23.8 Å². The van der Waals surface area contributed by atoms with Crippen LogP contribution in [0.1, 0.15) is 29.9 Å². The van der Waals surface area contributed by atoms with Crippen molar-refractivity contribution in [2.45, 2.75) is 20.8 Å². The number of oxime groups is 1. The number of amidine groups is 1. The molecule has 0 aromatic carbocycles. The lowest BCUT2D eigenvalue weighted by Gasteiger charge is -2.09. The maximum absolute atomic E-state index is 11.9. The van der Waals surface area contributed by atoms with Gasteiger partial charge in [-0.05, 0) is 20.8 Å². The molecule has 1 rings (SSSR count). The molecule has 0 atom stereocenters. The molecule has 1 aromatic heterocycles. The van der Waals surface area contributed by atoms with E-state index < -0.39 is 11.5 Å². The van der Waals surface area contributed by atoms with Gasteiger partial charge in [-0.25, -0.2) is 0 Å². The van der Waals surface area contributed by atoms with Gasteiger partial charge in [-0.2, -0.15) is 0 Å². The van der Waals surface area contributed by atoms with Gasteiger partial charge in [-0.1, -0.05) is 5.16 Å². The van der Waals surface area contributed by atoms with Gasteiger partial charge < -0.3 is 19.8 Å². The van der Waals surface area contributed by atoms with Crippen LogP contribution in [0.2, 0.25) is 0 Å². The summed E-state index contributed by atoms with van der Waals surface area (Å²) in [6.45, 7) is 5.29. The molecule has 0 unspecified atom stereocenters. The predicted octanol–water partition coefficient (Wildman–Crippen LogP) is 0.499. The first-order valence-electron chi connectivity index (χ1n) is 5.76. The van der Waals surface area contributed by atoms with Gasteiger partial charge in [0, 0.05) is 18.8 Å². The van der Waals surface area contributed by atoms with E-state index in [1.165, 1.54) is 24.6 Å². The number of aromatic nitrogens is 1. The first kappa shape index (κ1) is 14.7. The number of aryl methyl sites for hydroxylation is 1. The number of carbonyl (C=O) groups excluding carboxylic acids is 1. The molecule has 1 aromatic rings. The molecule has 1 amide bonds. The molecule has 0 fully saturated rings. The Balaban J connectivity index is 3.08. The lowest BCUT2D eigenvalue weighted by Crippen LogP contribution is -2.35. The monoisotopic (exact) mass is 267 g/mol. The Morgan fingerprint density at radius 2 is 2.21 bits per heavy atom. The third-order valence-corrected chi connectivity index (χ3v) is 2.50. The number of carbonyl (C=O) groups is 1. The van der Waals surface area contributed by atoms with Gasteiger partial charge in [0.2, 0.25) is 0 Å². The van der Waals surface area contributed by atoms with E-state index in [1.54, 1.807) is 13.8 Å². The summed E-state index contributed by atoms with van der Waals surface area (Å²) in [5.74, 6) is -0.879. The molecule has 0 saturated heterocycles. The molecule has 0 bridgehead atoms. The van der Waals surface area contributed by atoms with Crippen LogP contribution in [0.5, 0.6) is 5.75 Å². The van der Waals surface area contributed by atoms with Crippen LogP contribution in [0.15, 0.2) is 16.0 Å². The van der Waals surface area contributed by atoms with Crippen LogP contribution in [-0.2, 0) is 11.9 Å². The van der Waals surface area contributed by atoms with Crippen molar-refractivity contribution < 1.29 is 14.7 Å². The second kappa shape index (κ2) is 6.03. The van der Waals surface area contributed by atoms with Crippen LogP contribution in [-0.4, -0.2) is 28.0 Å². The largest absolute Gasteiger partial charge is 0.507 e. The molecular formula is C12H17N3O4. The van der Waals surface area contributed by atoms with Crippen molar-refractivity contribution in [3.05, 3.63) is 27.7 Å². The summed E-state index contributed by atoms with van der Waals surface area (Å²) in [4.78, 5) is 28.6. The van der Waals surface area contributed by atoms with E-state index in [0.29, 0.717) is 12.3 Å². The van der Waals surface area contributed by atoms with Crippen molar-refractivity contribution in [2.75, 3.05) is 6.61 Å². The maximum Gasteiger partial charge on any atom is 0.267 e. The van der Waals surface area contributed by atoms with Gasteiger partial charge in [0.05, 0.1) is 0 Å². The molecule has 7 nitrogen and oxygen atoms in total. The lowest BCUT2D eigenvalue weighted by molar-refractivity contribution is 0.0967. The highest BCUT2D eigenvalue weighted by Gasteiger charge is 2.18. The number of aromatic hydroxyl groups is 1.